The fourth-order valence-corrected chi connectivity index (χ4v) is 3.36. The Hall–Kier alpha value is -2.68. The predicted octanol–water partition coefficient (Wildman–Crippen LogP) is 0.363. The Kier molecular flexibility index (Phi) is 11.7. The Labute approximate surface area is 207 Å². The second-order valence-electron chi connectivity index (χ2n) is 6.13. The summed E-state index contributed by atoms with van der Waals surface area (Å²) in [6, 6.07) is 15.9. The summed E-state index contributed by atoms with van der Waals surface area (Å²) in [7, 11) is -12.2. The van der Waals surface area contributed by atoms with E-state index in [1.54, 1.807) is 0 Å². The van der Waals surface area contributed by atoms with Gasteiger partial charge < -0.3 is 17.2 Å². The van der Waals surface area contributed by atoms with Gasteiger partial charge in [0.25, 0.3) is 30.4 Å². The van der Waals surface area contributed by atoms with Crippen LogP contribution in [-0.2, 0) is 30.4 Å². The average Bonchev–Trinajstić information content (AvgIpc) is 2.68. The van der Waals surface area contributed by atoms with Crippen LogP contribution in [0.25, 0.3) is 0 Å². The number of hydrogen-bond acceptors (Lipinski definition) is 9. The maximum Gasteiger partial charge on any atom is 0.294 e. The van der Waals surface area contributed by atoms with Crippen molar-refractivity contribution >= 4 is 64.8 Å². The molecule has 0 atom stereocenters. The zero-order valence-electron chi connectivity index (χ0n) is 16.7. The molecule has 0 saturated carbocycles. The van der Waals surface area contributed by atoms with Crippen LogP contribution in [0.5, 0.6) is 0 Å². The number of anilines is 3. The van der Waals surface area contributed by atoms with Gasteiger partial charge in [0.15, 0.2) is 17.4 Å². The normalized spacial score (nSPS) is 11.0. The summed E-state index contributed by atoms with van der Waals surface area (Å²) in [5.74, 6) is 0. The minimum atomic E-state index is -4.08. The molecule has 34 heavy (non-hydrogen) atoms. The molecule has 3 aromatic carbocycles. The van der Waals surface area contributed by atoms with Crippen LogP contribution < -0.4 is 17.2 Å². The Balaban J connectivity index is 0.000000473. The maximum absolute atomic E-state index is 10.5. The molecule has 0 aliphatic heterocycles. The van der Waals surface area contributed by atoms with Gasteiger partial charge in [-0.1, -0.05) is 0 Å². The Morgan fingerprint density at radius 3 is 0.676 bits per heavy atom. The molecule has 0 heterocycles. The molecular formula is C18H24AlN3O9S3. The molecule has 0 aromatic heterocycles. The van der Waals surface area contributed by atoms with Crippen LogP contribution in [0.1, 0.15) is 0 Å². The molecule has 0 aliphatic rings. The molecule has 0 spiro atoms. The van der Waals surface area contributed by atoms with E-state index in [2.05, 4.69) is 0 Å². The highest BCUT2D eigenvalue weighted by atomic mass is 32.2. The first-order valence-electron chi connectivity index (χ1n) is 8.49. The number of nitrogen functional groups attached to an aromatic ring is 3. The van der Waals surface area contributed by atoms with E-state index in [0.29, 0.717) is 17.1 Å². The molecule has 0 aliphatic carbocycles. The van der Waals surface area contributed by atoms with Crippen molar-refractivity contribution in [2.75, 3.05) is 17.2 Å². The lowest BCUT2D eigenvalue weighted by Crippen LogP contribution is -1.97. The predicted molar refractivity (Wildman–Crippen MR) is 132 cm³/mol. The summed E-state index contributed by atoms with van der Waals surface area (Å²) in [4.78, 5) is -0.440. The Bertz CT molecular complexity index is 1200. The highest BCUT2D eigenvalue weighted by Gasteiger charge is 2.08. The second kappa shape index (κ2) is 12.7. The molecule has 0 saturated heterocycles. The van der Waals surface area contributed by atoms with Crippen molar-refractivity contribution in [3.63, 3.8) is 0 Å². The van der Waals surface area contributed by atoms with Gasteiger partial charge in [0.2, 0.25) is 0 Å². The number of hydrogen-bond donors (Lipinski definition) is 6. The monoisotopic (exact) mass is 549 g/mol. The third kappa shape index (κ3) is 11.5. The highest BCUT2D eigenvalue weighted by Crippen LogP contribution is 2.12. The third-order valence-electron chi connectivity index (χ3n) is 3.53. The number of benzene rings is 3. The van der Waals surface area contributed by atoms with Gasteiger partial charge in [-0.25, -0.2) is 0 Å². The van der Waals surface area contributed by atoms with Gasteiger partial charge in [0.05, 0.1) is 14.7 Å². The lowest BCUT2D eigenvalue weighted by atomic mass is 10.3. The molecule has 0 bridgehead atoms. The van der Waals surface area contributed by atoms with Crippen LogP contribution >= 0.6 is 0 Å². The summed E-state index contributed by atoms with van der Waals surface area (Å²) in [5, 5.41) is 0. The summed E-state index contributed by atoms with van der Waals surface area (Å²) in [5.41, 5.74) is 17.2. The molecule has 0 unspecified atom stereocenters. The topological polar surface area (TPSA) is 241 Å². The van der Waals surface area contributed by atoms with Crippen molar-refractivity contribution < 1.29 is 38.9 Å². The van der Waals surface area contributed by atoms with Crippen LogP contribution in [0.3, 0.4) is 0 Å². The fraction of sp³-hybridized carbons (Fsp3) is 0. The van der Waals surface area contributed by atoms with E-state index < -0.39 is 30.4 Å². The first-order valence-corrected chi connectivity index (χ1v) is 12.8. The summed E-state index contributed by atoms with van der Waals surface area (Å²) >= 11 is 0. The van der Waals surface area contributed by atoms with Gasteiger partial charge in [0, 0.05) is 17.1 Å². The zero-order chi connectivity index (χ0) is 25.4. The van der Waals surface area contributed by atoms with Crippen molar-refractivity contribution in [1.82, 2.24) is 0 Å². The SMILES string of the molecule is Nc1ccc(S(=O)(=O)O)cc1.Nc1ccc(S(=O)(=O)O)cc1.Nc1ccc(S(=O)(=O)O)cc1.[AlH3]. The zero-order valence-corrected chi connectivity index (χ0v) is 19.1. The first kappa shape index (κ1) is 31.3. The Morgan fingerprint density at radius 1 is 0.412 bits per heavy atom. The lowest BCUT2D eigenvalue weighted by Gasteiger charge is -1.95. The van der Waals surface area contributed by atoms with Crippen LogP contribution in [0.15, 0.2) is 87.5 Å². The number of rotatable bonds is 3. The van der Waals surface area contributed by atoms with Crippen molar-refractivity contribution in [2.24, 2.45) is 0 Å². The summed E-state index contributed by atoms with van der Waals surface area (Å²) in [6.45, 7) is 0. The van der Waals surface area contributed by atoms with E-state index in [4.69, 9.17) is 30.9 Å². The quantitative estimate of drug-likeness (QED) is 0.147. The van der Waals surface area contributed by atoms with Crippen LogP contribution in [0.2, 0.25) is 0 Å². The highest BCUT2D eigenvalue weighted by molar-refractivity contribution is 7.86. The molecule has 0 amide bonds. The van der Waals surface area contributed by atoms with Crippen LogP contribution in [0.4, 0.5) is 17.1 Å². The van der Waals surface area contributed by atoms with E-state index in [-0.39, 0.29) is 32.0 Å². The standard InChI is InChI=1S/3C6H7NO3S.Al.3H/c3*7-5-1-3-6(4-2-5)11(8,9)10;;;;/h3*1-4H,7H2,(H,8,9,10);;;;. The van der Waals surface area contributed by atoms with Gasteiger partial charge in [0.1, 0.15) is 0 Å². The van der Waals surface area contributed by atoms with Gasteiger partial charge in [-0.3, -0.25) is 13.7 Å². The smallest absolute Gasteiger partial charge is 0.294 e. The van der Waals surface area contributed by atoms with Crippen LogP contribution in [-0.4, -0.2) is 56.3 Å². The lowest BCUT2D eigenvalue weighted by molar-refractivity contribution is 0.481. The molecular weight excluding hydrogens is 525 g/mol. The molecule has 3 rings (SSSR count). The molecule has 0 radical (unpaired) electrons. The Morgan fingerprint density at radius 2 is 0.559 bits per heavy atom. The van der Waals surface area contributed by atoms with Gasteiger partial charge >= 0.3 is 0 Å². The van der Waals surface area contributed by atoms with Crippen molar-refractivity contribution in [3.8, 4) is 0 Å². The summed E-state index contributed by atoms with van der Waals surface area (Å²) < 4.78 is 88.3. The fourth-order valence-electron chi connectivity index (χ4n) is 1.92. The minimum Gasteiger partial charge on any atom is -0.399 e. The largest absolute Gasteiger partial charge is 0.399 e. The van der Waals surface area contributed by atoms with Gasteiger partial charge in [-0.2, -0.15) is 25.3 Å². The summed E-state index contributed by atoms with van der Waals surface area (Å²) in [6.07, 6.45) is 0. The van der Waals surface area contributed by atoms with Crippen molar-refractivity contribution in [3.05, 3.63) is 72.8 Å². The average molecular weight is 550 g/mol. The first-order chi connectivity index (χ1) is 15.0. The van der Waals surface area contributed by atoms with Gasteiger partial charge in [-0.15, -0.1) is 0 Å². The second-order valence-corrected chi connectivity index (χ2v) is 10.4. The molecule has 3 aromatic rings. The van der Waals surface area contributed by atoms with Crippen molar-refractivity contribution in [1.29, 1.82) is 0 Å². The maximum atomic E-state index is 10.5. The molecule has 0 fully saturated rings. The van der Waals surface area contributed by atoms with Crippen molar-refractivity contribution in [2.45, 2.75) is 14.7 Å². The van der Waals surface area contributed by atoms with Gasteiger partial charge in [-0.05, 0) is 72.8 Å². The molecule has 12 nitrogen and oxygen atoms in total. The van der Waals surface area contributed by atoms with E-state index >= 15 is 0 Å². The third-order valence-corrected chi connectivity index (χ3v) is 6.14. The van der Waals surface area contributed by atoms with Crippen LogP contribution in [0, 0.1) is 0 Å². The molecule has 16 heteroatoms. The van der Waals surface area contributed by atoms with E-state index in [0.717, 1.165) is 0 Å². The molecule has 9 N–H and O–H groups in total. The molecule has 186 valence electrons. The van der Waals surface area contributed by atoms with E-state index in [1.165, 1.54) is 72.8 Å². The van der Waals surface area contributed by atoms with E-state index in [1.807, 2.05) is 0 Å². The van der Waals surface area contributed by atoms with E-state index in [9.17, 15) is 25.3 Å². The number of nitrogens with two attached hydrogens (primary N) is 3. The minimum absolute atomic E-state index is 0.